The van der Waals surface area contributed by atoms with Crippen LogP contribution in [0.1, 0.15) is 48.5 Å². The quantitative estimate of drug-likeness (QED) is 0.873. The van der Waals surface area contributed by atoms with Gasteiger partial charge in [-0.25, -0.2) is 4.39 Å². The summed E-state index contributed by atoms with van der Waals surface area (Å²) < 4.78 is 14.2. The molecule has 0 bridgehead atoms. The number of aryl methyl sites for hydroxylation is 1. The highest BCUT2D eigenvalue weighted by Gasteiger charge is 2.24. The zero-order valence-corrected chi connectivity index (χ0v) is 13.0. The molecular weight excluding hydrogens is 267 g/mol. The highest BCUT2D eigenvalue weighted by molar-refractivity contribution is 5.94. The topological polar surface area (TPSA) is 32.3 Å². The molecule has 3 nitrogen and oxygen atoms in total. The second kappa shape index (κ2) is 7.55. The highest BCUT2D eigenvalue weighted by atomic mass is 19.1. The van der Waals surface area contributed by atoms with Crippen LogP contribution < -0.4 is 5.32 Å². The van der Waals surface area contributed by atoms with E-state index < -0.39 is 0 Å². The largest absolute Gasteiger partial charge is 0.337 e. The van der Waals surface area contributed by atoms with Crippen molar-refractivity contribution in [2.45, 2.75) is 45.6 Å². The van der Waals surface area contributed by atoms with Gasteiger partial charge in [-0.1, -0.05) is 25.5 Å². The fraction of sp³-hybridized carbons (Fsp3) is 0.588. The maximum Gasteiger partial charge on any atom is 0.256 e. The molecule has 1 amide bonds. The van der Waals surface area contributed by atoms with Crippen LogP contribution in [0.3, 0.4) is 0 Å². The first-order valence-corrected chi connectivity index (χ1v) is 7.91. The molecule has 1 atom stereocenters. The molecule has 0 saturated carbocycles. The standard InChI is InChI=1S/C17H25FN2O/c1-3-4-11-20(12-14-8-6-10-19-14)17(21)15-9-5-7-13(2)16(15)18/h5,7,9,14,19H,3-4,6,8,10-12H2,1-2H3. The minimum absolute atomic E-state index is 0.182. The van der Waals surface area contributed by atoms with Crippen molar-refractivity contribution >= 4 is 5.91 Å². The zero-order chi connectivity index (χ0) is 15.2. The Hall–Kier alpha value is -1.42. The predicted molar refractivity (Wildman–Crippen MR) is 83.0 cm³/mol. The molecule has 0 aromatic heterocycles. The van der Waals surface area contributed by atoms with Gasteiger partial charge < -0.3 is 10.2 Å². The number of hydrogen-bond donors (Lipinski definition) is 1. The summed E-state index contributed by atoms with van der Waals surface area (Å²) in [7, 11) is 0. The molecule has 1 unspecified atom stereocenters. The zero-order valence-electron chi connectivity index (χ0n) is 13.0. The number of hydrogen-bond acceptors (Lipinski definition) is 2. The Kier molecular flexibility index (Phi) is 5.74. The Bertz CT molecular complexity index is 484. The third-order valence-corrected chi connectivity index (χ3v) is 4.09. The summed E-state index contributed by atoms with van der Waals surface area (Å²) in [5.41, 5.74) is 0.722. The van der Waals surface area contributed by atoms with Crippen LogP contribution in [0.15, 0.2) is 18.2 Å². The molecule has 4 heteroatoms. The number of rotatable bonds is 6. The van der Waals surface area contributed by atoms with E-state index in [2.05, 4.69) is 12.2 Å². The van der Waals surface area contributed by atoms with Crippen molar-refractivity contribution < 1.29 is 9.18 Å². The molecule has 1 aromatic rings. The molecule has 1 saturated heterocycles. The van der Waals surface area contributed by atoms with Crippen LogP contribution in [-0.4, -0.2) is 36.5 Å². The molecule has 1 aliphatic heterocycles. The third kappa shape index (κ3) is 4.03. The molecule has 116 valence electrons. The van der Waals surface area contributed by atoms with Gasteiger partial charge in [0.25, 0.3) is 5.91 Å². The van der Waals surface area contributed by atoms with Crippen molar-refractivity contribution in [3.63, 3.8) is 0 Å². The number of nitrogens with one attached hydrogen (secondary N) is 1. The molecule has 0 spiro atoms. The average molecular weight is 292 g/mol. The van der Waals surface area contributed by atoms with Gasteiger partial charge in [0.2, 0.25) is 0 Å². The first kappa shape index (κ1) is 16.0. The Labute approximate surface area is 126 Å². The Morgan fingerprint density at radius 3 is 2.95 bits per heavy atom. The maximum atomic E-state index is 14.2. The van der Waals surface area contributed by atoms with Crippen molar-refractivity contribution in [1.82, 2.24) is 10.2 Å². The minimum Gasteiger partial charge on any atom is -0.337 e. The SMILES string of the molecule is CCCCN(CC1CCCN1)C(=O)c1cccc(C)c1F. The molecule has 1 aliphatic rings. The van der Waals surface area contributed by atoms with Gasteiger partial charge in [0, 0.05) is 19.1 Å². The molecule has 1 heterocycles. The van der Waals surface area contributed by atoms with E-state index in [0.717, 1.165) is 32.2 Å². The lowest BCUT2D eigenvalue weighted by atomic mass is 10.1. The van der Waals surface area contributed by atoms with Gasteiger partial charge in [-0.3, -0.25) is 4.79 Å². The van der Waals surface area contributed by atoms with E-state index in [1.807, 2.05) is 4.90 Å². The van der Waals surface area contributed by atoms with Crippen LogP contribution in [-0.2, 0) is 0 Å². The number of carbonyl (C=O) groups excluding carboxylic acids is 1. The fourth-order valence-electron chi connectivity index (χ4n) is 2.79. The molecule has 2 rings (SSSR count). The molecule has 0 aliphatic carbocycles. The van der Waals surface area contributed by atoms with E-state index in [4.69, 9.17) is 0 Å². The lowest BCUT2D eigenvalue weighted by molar-refractivity contribution is 0.0734. The van der Waals surface area contributed by atoms with Gasteiger partial charge in [-0.2, -0.15) is 0 Å². The maximum absolute atomic E-state index is 14.2. The molecular formula is C17H25FN2O. The number of nitrogens with zero attached hydrogens (tertiary/aromatic N) is 1. The van der Waals surface area contributed by atoms with Crippen LogP contribution in [0.4, 0.5) is 4.39 Å². The summed E-state index contributed by atoms with van der Waals surface area (Å²) in [5, 5.41) is 3.41. The normalized spacial score (nSPS) is 18.0. The van der Waals surface area contributed by atoms with Crippen LogP contribution in [0.25, 0.3) is 0 Å². The van der Waals surface area contributed by atoms with Crippen molar-refractivity contribution in [3.05, 3.63) is 35.1 Å². The van der Waals surface area contributed by atoms with Gasteiger partial charge >= 0.3 is 0 Å². The molecule has 1 aromatic carbocycles. The summed E-state index contributed by atoms with van der Waals surface area (Å²) in [4.78, 5) is 14.5. The second-order valence-electron chi connectivity index (χ2n) is 5.83. The van der Waals surface area contributed by atoms with Crippen molar-refractivity contribution in [2.24, 2.45) is 0 Å². The highest BCUT2D eigenvalue weighted by Crippen LogP contribution is 2.16. The first-order chi connectivity index (χ1) is 10.1. The van der Waals surface area contributed by atoms with Gasteiger partial charge in [0.1, 0.15) is 5.82 Å². The number of amides is 1. The summed E-state index contributed by atoms with van der Waals surface area (Å²) in [6, 6.07) is 5.38. The van der Waals surface area contributed by atoms with E-state index in [9.17, 15) is 9.18 Å². The van der Waals surface area contributed by atoms with Gasteiger partial charge in [0.15, 0.2) is 0 Å². The van der Waals surface area contributed by atoms with Crippen LogP contribution in [0, 0.1) is 12.7 Å². The smallest absolute Gasteiger partial charge is 0.256 e. The second-order valence-corrected chi connectivity index (χ2v) is 5.83. The Morgan fingerprint density at radius 1 is 1.48 bits per heavy atom. The number of halogens is 1. The van der Waals surface area contributed by atoms with E-state index in [0.29, 0.717) is 24.7 Å². The summed E-state index contributed by atoms with van der Waals surface area (Å²) in [6.45, 7) is 6.18. The number of unbranched alkanes of at least 4 members (excludes halogenated alkanes) is 1. The summed E-state index contributed by atoms with van der Waals surface area (Å²) >= 11 is 0. The fourth-order valence-corrected chi connectivity index (χ4v) is 2.79. The first-order valence-electron chi connectivity index (χ1n) is 7.91. The predicted octanol–water partition coefficient (Wildman–Crippen LogP) is 3.13. The monoisotopic (exact) mass is 292 g/mol. The number of carbonyl (C=O) groups is 1. The molecule has 0 radical (unpaired) electrons. The van der Waals surface area contributed by atoms with Crippen LogP contribution in [0.5, 0.6) is 0 Å². The molecule has 21 heavy (non-hydrogen) atoms. The molecule has 1 fully saturated rings. The van der Waals surface area contributed by atoms with E-state index in [1.54, 1.807) is 25.1 Å². The lowest BCUT2D eigenvalue weighted by Gasteiger charge is -2.26. The van der Waals surface area contributed by atoms with Crippen LogP contribution >= 0.6 is 0 Å². The van der Waals surface area contributed by atoms with E-state index in [-0.39, 0.29) is 17.3 Å². The van der Waals surface area contributed by atoms with Crippen molar-refractivity contribution in [3.8, 4) is 0 Å². The van der Waals surface area contributed by atoms with E-state index in [1.165, 1.54) is 0 Å². The van der Waals surface area contributed by atoms with Crippen molar-refractivity contribution in [2.75, 3.05) is 19.6 Å². The lowest BCUT2D eigenvalue weighted by Crippen LogP contribution is -2.42. The van der Waals surface area contributed by atoms with Gasteiger partial charge in [-0.05, 0) is 44.4 Å². The number of benzene rings is 1. The minimum atomic E-state index is -0.386. The Morgan fingerprint density at radius 2 is 2.29 bits per heavy atom. The summed E-state index contributed by atoms with van der Waals surface area (Å²) in [6.07, 6.45) is 4.22. The van der Waals surface area contributed by atoms with Crippen LogP contribution in [0.2, 0.25) is 0 Å². The third-order valence-electron chi connectivity index (χ3n) is 4.09. The van der Waals surface area contributed by atoms with Gasteiger partial charge in [-0.15, -0.1) is 0 Å². The van der Waals surface area contributed by atoms with E-state index >= 15 is 0 Å². The van der Waals surface area contributed by atoms with Crippen molar-refractivity contribution in [1.29, 1.82) is 0 Å². The van der Waals surface area contributed by atoms with Gasteiger partial charge in [0.05, 0.1) is 5.56 Å². The average Bonchev–Trinajstić information content (AvgIpc) is 2.98. The summed E-state index contributed by atoms with van der Waals surface area (Å²) in [5.74, 6) is -0.568. The Balaban J connectivity index is 2.13. The molecule has 1 N–H and O–H groups in total.